The van der Waals surface area contributed by atoms with Crippen LogP contribution in [0.1, 0.15) is 35.2 Å². The molecule has 2 bridgehead atoms. The molecule has 2 atom stereocenters. The molecule has 1 aromatic carbocycles. The van der Waals surface area contributed by atoms with Crippen molar-refractivity contribution in [2.75, 3.05) is 13.7 Å². The lowest BCUT2D eigenvalue weighted by molar-refractivity contribution is 0.0597. The molecule has 2 unspecified atom stereocenters. The minimum atomic E-state index is -0.227. The molecule has 2 aliphatic rings. The van der Waals surface area contributed by atoms with Crippen LogP contribution in [-0.4, -0.2) is 30.6 Å². The zero-order valence-electron chi connectivity index (χ0n) is 10.8. The maximum Gasteiger partial charge on any atom is 0.338 e. The van der Waals surface area contributed by atoms with Crippen molar-refractivity contribution in [1.29, 1.82) is 0 Å². The number of esters is 1. The van der Waals surface area contributed by atoms with Gasteiger partial charge in [0.2, 0.25) is 0 Å². The van der Waals surface area contributed by atoms with Gasteiger partial charge in [-0.15, -0.1) is 0 Å². The van der Waals surface area contributed by atoms with Crippen LogP contribution in [0.5, 0.6) is 0 Å². The van der Waals surface area contributed by atoms with Crippen LogP contribution in [0.3, 0.4) is 0 Å². The molecule has 0 N–H and O–H groups in total. The number of piperidine rings is 1. The normalized spacial score (nSPS) is 26.5. The molecule has 96 valence electrons. The van der Waals surface area contributed by atoms with E-state index in [2.05, 4.69) is 4.90 Å². The lowest BCUT2D eigenvalue weighted by atomic mass is 10.1. The average molecular weight is 245 g/mol. The van der Waals surface area contributed by atoms with Crippen LogP contribution in [0, 0.1) is 5.92 Å². The quantitative estimate of drug-likeness (QED) is 0.766. The number of benzene rings is 1. The van der Waals surface area contributed by atoms with Crippen LogP contribution in [-0.2, 0) is 11.3 Å². The molecule has 1 aliphatic carbocycles. The van der Waals surface area contributed by atoms with E-state index in [0.29, 0.717) is 5.56 Å². The molecule has 1 saturated heterocycles. The number of carbonyl (C=O) groups excluding carboxylic acids is 1. The summed E-state index contributed by atoms with van der Waals surface area (Å²) in [4.78, 5) is 14.3. The Hall–Kier alpha value is -1.35. The van der Waals surface area contributed by atoms with E-state index in [-0.39, 0.29) is 5.97 Å². The summed E-state index contributed by atoms with van der Waals surface area (Å²) in [6.07, 6.45) is 4.06. The number of carbonyl (C=O) groups is 1. The van der Waals surface area contributed by atoms with Crippen LogP contribution < -0.4 is 0 Å². The standard InChI is InChI=1S/C15H19NO2/c1-18-15(17)14-5-3-2-4-12(14)10-16-9-11-6-7-13(16)8-11/h2-5,11,13H,6-10H2,1H3. The molecule has 1 saturated carbocycles. The summed E-state index contributed by atoms with van der Waals surface area (Å²) < 4.78 is 4.85. The first kappa shape index (κ1) is 11.7. The van der Waals surface area contributed by atoms with E-state index >= 15 is 0 Å². The van der Waals surface area contributed by atoms with E-state index in [1.165, 1.54) is 32.9 Å². The van der Waals surface area contributed by atoms with Gasteiger partial charge in [0.25, 0.3) is 0 Å². The SMILES string of the molecule is COC(=O)c1ccccc1CN1CC2CCC1C2. The second-order valence-corrected chi connectivity index (χ2v) is 5.41. The number of ether oxygens (including phenoxy) is 1. The molecule has 1 heterocycles. The molecular weight excluding hydrogens is 226 g/mol. The largest absolute Gasteiger partial charge is 0.465 e. The Morgan fingerprint density at radius 2 is 2.22 bits per heavy atom. The molecule has 2 fully saturated rings. The highest BCUT2D eigenvalue weighted by Crippen LogP contribution is 2.38. The monoisotopic (exact) mass is 245 g/mol. The van der Waals surface area contributed by atoms with Gasteiger partial charge in [0.1, 0.15) is 0 Å². The van der Waals surface area contributed by atoms with Crippen molar-refractivity contribution in [1.82, 2.24) is 4.90 Å². The van der Waals surface area contributed by atoms with Crippen molar-refractivity contribution in [3.8, 4) is 0 Å². The van der Waals surface area contributed by atoms with Gasteiger partial charge in [0, 0.05) is 19.1 Å². The predicted octanol–water partition coefficient (Wildman–Crippen LogP) is 2.46. The fraction of sp³-hybridized carbons (Fsp3) is 0.533. The van der Waals surface area contributed by atoms with Crippen molar-refractivity contribution >= 4 is 5.97 Å². The minimum Gasteiger partial charge on any atom is -0.465 e. The summed E-state index contributed by atoms with van der Waals surface area (Å²) in [5.74, 6) is 0.662. The number of hydrogen-bond donors (Lipinski definition) is 0. The second-order valence-electron chi connectivity index (χ2n) is 5.41. The molecule has 3 heteroatoms. The Kier molecular flexibility index (Phi) is 3.08. The van der Waals surface area contributed by atoms with Gasteiger partial charge >= 0.3 is 5.97 Å². The molecule has 0 spiro atoms. The Labute approximate surface area is 108 Å². The molecule has 3 nitrogen and oxygen atoms in total. The Bertz CT molecular complexity index is 458. The summed E-state index contributed by atoms with van der Waals surface area (Å²) in [5, 5.41) is 0. The van der Waals surface area contributed by atoms with Crippen molar-refractivity contribution in [3.63, 3.8) is 0 Å². The Balaban J connectivity index is 1.78. The molecular formula is C15H19NO2. The predicted molar refractivity (Wildman–Crippen MR) is 69.3 cm³/mol. The van der Waals surface area contributed by atoms with Crippen molar-refractivity contribution in [2.24, 2.45) is 5.92 Å². The zero-order chi connectivity index (χ0) is 12.5. The van der Waals surface area contributed by atoms with E-state index in [1.54, 1.807) is 0 Å². The first-order chi connectivity index (χ1) is 8.78. The number of rotatable bonds is 3. The number of fused-ring (bicyclic) bond motifs is 2. The molecule has 3 rings (SSSR count). The van der Waals surface area contributed by atoms with Gasteiger partial charge in [-0.05, 0) is 36.8 Å². The van der Waals surface area contributed by atoms with Crippen LogP contribution >= 0.6 is 0 Å². The molecule has 0 radical (unpaired) electrons. The number of nitrogens with zero attached hydrogens (tertiary/aromatic N) is 1. The maximum atomic E-state index is 11.7. The lowest BCUT2D eigenvalue weighted by Crippen LogP contribution is -2.32. The topological polar surface area (TPSA) is 29.5 Å². The third kappa shape index (κ3) is 2.03. The lowest BCUT2D eigenvalue weighted by Gasteiger charge is -2.27. The van der Waals surface area contributed by atoms with Crippen LogP contribution in [0.2, 0.25) is 0 Å². The summed E-state index contributed by atoms with van der Waals surface area (Å²) in [6, 6.07) is 8.52. The van der Waals surface area contributed by atoms with Crippen LogP contribution in [0.4, 0.5) is 0 Å². The van der Waals surface area contributed by atoms with Gasteiger partial charge in [-0.3, -0.25) is 4.90 Å². The van der Waals surface area contributed by atoms with Crippen molar-refractivity contribution in [2.45, 2.75) is 31.8 Å². The second kappa shape index (κ2) is 4.73. The average Bonchev–Trinajstić information content (AvgIpc) is 3.01. The summed E-state index contributed by atoms with van der Waals surface area (Å²) in [6.45, 7) is 2.08. The molecule has 18 heavy (non-hydrogen) atoms. The van der Waals surface area contributed by atoms with Gasteiger partial charge < -0.3 is 4.74 Å². The van der Waals surface area contributed by atoms with E-state index in [9.17, 15) is 4.79 Å². The molecule has 1 aliphatic heterocycles. The van der Waals surface area contributed by atoms with E-state index in [0.717, 1.165) is 24.1 Å². The molecule has 1 aromatic rings. The van der Waals surface area contributed by atoms with Crippen LogP contribution in [0.25, 0.3) is 0 Å². The first-order valence-corrected chi connectivity index (χ1v) is 6.68. The van der Waals surface area contributed by atoms with Crippen molar-refractivity contribution < 1.29 is 9.53 Å². The fourth-order valence-electron chi connectivity index (χ4n) is 3.41. The van der Waals surface area contributed by atoms with Crippen molar-refractivity contribution in [3.05, 3.63) is 35.4 Å². The third-order valence-corrected chi connectivity index (χ3v) is 4.32. The van der Waals surface area contributed by atoms with Gasteiger partial charge in [-0.1, -0.05) is 18.2 Å². The summed E-state index contributed by atoms with van der Waals surface area (Å²) in [5.41, 5.74) is 1.81. The minimum absolute atomic E-state index is 0.227. The highest BCUT2D eigenvalue weighted by molar-refractivity contribution is 5.90. The number of hydrogen-bond acceptors (Lipinski definition) is 3. The van der Waals surface area contributed by atoms with E-state index in [4.69, 9.17) is 4.74 Å². The van der Waals surface area contributed by atoms with E-state index < -0.39 is 0 Å². The number of likely N-dealkylation sites (tertiary alicyclic amines) is 1. The highest BCUT2D eigenvalue weighted by Gasteiger charge is 2.37. The van der Waals surface area contributed by atoms with Gasteiger partial charge in [0.15, 0.2) is 0 Å². The summed E-state index contributed by atoms with van der Waals surface area (Å²) >= 11 is 0. The van der Waals surface area contributed by atoms with Gasteiger partial charge in [0.05, 0.1) is 12.7 Å². The zero-order valence-corrected chi connectivity index (χ0v) is 10.8. The van der Waals surface area contributed by atoms with Gasteiger partial charge in [-0.25, -0.2) is 4.79 Å². The molecule has 0 amide bonds. The third-order valence-electron chi connectivity index (χ3n) is 4.32. The summed E-state index contributed by atoms with van der Waals surface area (Å²) in [7, 11) is 1.44. The Morgan fingerprint density at radius 1 is 1.39 bits per heavy atom. The number of methoxy groups -OCH3 is 1. The Morgan fingerprint density at radius 3 is 2.89 bits per heavy atom. The van der Waals surface area contributed by atoms with Gasteiger partial charge in [-0.2, -0.15) is 0 Å². The molecule has 0 aromatic heterocycles. The van der Waals surface area contributed by atoms with E-state index in [1.807, 2.05) is 24.3 Å². The van der Waals surface area contributed by atoms with Crippen LogP contribution in [0.15, 0.2) is 24.3 Å². The first-order valence-electron chi connectivity index (χ1n) is 6.68. The maximum absolute atomic E-state index is 11.7. The fourth-order valence-corrected chi connectivity index (χ4v) is 3.41. The smallest absolute Gasteiger partial charge is 0.338 e. The highest BCUT2D eigenvalue weighted by atomic mass is 16.5.